The summed E-state index contributed by atoms with van der Waals surface area (Å²) in [6, 6.07) is 0. The third-order valence-electron chi connectivity index (χ3n) is 0.845. The number of carbonyl (C=O) groups excluding carboxylic acids is 1. The van der Waals surface area contributed by atoms with Crippen LogP contribution in [0.5, 0.6) is 0 Å². The van der Waals surface area contributed by atoms with Gasteiger partial charge in [0.25, 0.3) is 0 Å². The second-order valence-electron chi connectivity index (χ2n) is 1.48. The second-order valence-corrected chi connectivity index (χ2v) is 1.48. The predicted molar refractivity (Wildman–Crippen MR) is 31.7 cm³/mol. The molecule has 0 heterocycles. The van der Waals surface area contributed by atoms with E-state index >= 15 is 0 Å². The van der Waals surface area contributed by atoms with Crippen LogP contribution in [0.2, 0.25) is 0 Å². The van der Waals surface area contributed by atoms with E-state index in [0.717, 1.165) is 6.26 Å². The molecule has 0 aromatic carbocycles. The fourth-order valence-electron chi connectivity index (χ4n) is 0.328. The lowest BCUT2D eigenvalue weighted by Crippen LogP contribution is -1.90. The maximum absolute atomic E-state index is 10.4. The van der Waals surface area contributed by atoms with Crippen LogP contribution in [0, 0.1) is 0 Å². The molecule has 0 aliphatic heterocycles. The normalized spacial score (nSPS) is 10.1. The van der Waals surface area contributed by atoms with Crippen LogP contribution >= 0.6 is 0 Å². The topological polar surface area (TPSA) is 37.3 Å². The van der Waals surface area contributed by atoms with E-state index in [1.807, 2.05) is 0 Å². The first kappa shape index (κ1) is 7.21. The molecule has 0 spiro atoms. The SMILES string of the molecule is CCC(=O)C/C=C\O. The number of ketones is 1. The van der Waals surface area contributed by atoms with Gasteiger partial charge in [0, 0.05) is 12.8 Å². The number of hydrogen-bond donors (Lipinski definition) is 1. The van der Waals surface area contributed by atoms with E-state index in [1.54, 1.807) is 6.92 Å². The van der Waals surface area contributed by atoms with Gasteiger partial charge in [-0.1, -0.05) is 6.92 Å². The third-order valence-corrected chi connectivity index (χ3v) is 0.845. The minimum absolute atomic E-state index is 0.148. The molecular formula is C6H10O2. The van der Waals surface area contributed by atoms with Gasteiger partial charge in [-0.15, -0.1) is 0 Å². The Hall–Kier alpha value is -0.790. The lowest BCUT2D eigenvalue weighted by molar-refractivity contribution is -0.117. The van der Waals surface area contributed by atoms with Gasteiger partial charge >= 0.3 is 0 Å². The molecule has 2 nitrogen and oxygen atoms in total. The number of Topliss-reactive ketones (excluding diaryl/α,β-unsaturated/α-hetero) is 1. The highest BCUT2D eigenvalue weighted by Gasteiger charge is 1.90. The first-order valence-corrected chi connectivity index (χ1v) is 2.62. The standard InChI is InChI=1S/C6H10O2/c1-2-6(8)4-3-5-7/h3,5,7H,2,4H2,1H3/b5-3-. The summed E-state index contributed by atoms with van der Waals surface area (Å²) in [5.41, 5.74) is 0. The molecule has 0 aliphatic rings. The summed E-state index contributed by atoms with van der Waals surface area (Å²) in [6.07, 6.45) is 3.23. The monoisotopic (exact) mass is 114 g/mol. The molecule has 0 unspecified atom stereocenters. The quantitative estimate of drug-likeness (QED) is 0.563. The third kappa shape index (κ3) is 3.40. The zero-order valence-corrected chi connectivity index (χ0v) is 4.92. The van der Waals surface area contributed by atoms with Gasteiger partial charge < -0.3 is 5.11 Å². The molecule has 46 valence electrons. The fourth-order valence-corrected chi connectivity index (χ4v) is 0.328. The number of rotatable bonds is 3. The van der Waals surface area contributed by atoms with Crippen molar-refractivity contribution in [2.45, 2.75) is 19.8 Å². The van der Waals surface area contributed by atoms with Crippen LogP contribution in [0.4, 0.5) is 0 Å². The van der Waals surface area contributed by atoms with E-state index in [-0.39, 0.29) is 5.78 Å². The molecule has 0 saturated carbocycles. The summed E-state index contributed by atoms with van der Waals surface area (Å²) in [6.45, 7) is 1.80. The van der Waals surface area contributed by atoms with Gasteiger partial charge in [-0.3, -0.25) is 4.79 Å². The summed E-state index contributed by atoms with van der Waals surface area (Å²) in [4.78, 5) is 10.4. The summed E-state index contributed by atoms with van der Waals surface area (Å²) in [5, 5.41) is 8.08. The highest BCUT2D eigenvalue weighted by molar-refractivity contribution is 5.79. The smallest absolute Gasteiger partial charge is 0.136 e. The number of carbonyl (C=O) groups is 1. The summed E-state index contributed by atoms with van der Waals surface area (Å²) < 4.78 is 0. The molecule has 0 aromatic rings. The van der Waals surface area contributed by atoms with Crippen molar-refractivity contribution in [2.75, 3.05) is 0 Å². The predicted octanol–water partition coefficient (Wildman–Crippen LogP) is 1.43. The van der Waals surface area contributed by atoms with Crippen LogP contribution in [0.3, 0.4) is 0 Å². The molecule has 0 rings (SSSR count). The Morgan fingerprint density at radius 3 is 2.75 bits per heavy atom. The Kier molecular flexibility index (Phi) is 3.94. The van der Waals surface area contributed by atoms with Gasteiger partial charge in [0.15, 0.2) is 0 Å². The Labute approximate surface area is 48.8 Å². The minimum atomic E-state index is 0.148. The van der Waals surface area contributed by atoms with Crippen molar-refractivity contribution >= 4 is 5.78 Å². The van der Waals surface area contributed by atoms with Crippen LogP contribution < -0.4 is 0 Å². The molecule has 0 bridgehead atoms. The molecule has 0 atom stereocenters. The van der Waals surface area contributed by atoms with E-state index < -0.39 is 0 Å². The van der Waals surface area contributed by atoms with E-state index in [9.17, 15) is 4.79 Å². The minimum Gasteiger partial charge on any atom is -0.516 e. The van der Waals surface area contributed by atoms with Crippen molar-refractivity contribution in [3.8, 4) is 0 Å². The Morgan fingerprint density at radius 2 is 2.38 bits per heavy atom. The first-order valence-electron chi connectivity index (χ1n) is 2.62. The van der Waals surface area contributed by atoms with Gasteiger partial charge in [0.1, 0.15) is 5.78 Å². The molecule has 0 aliphatic carbocycles. The molecule has 0 aromatic heterocycles. The van der Waals surface area contributed by atoms with Crippen molar-refractivity contribution in [3.63, 3.8) is 0 Å². The fraction of sp³-hybridized carbons (Fsp3) is 0.500. The van der Waals surface area contributed by atoms with Crippen LogP contribution in [-0.4, -0.2) is 10.9 Å². The van der Waals surface area contributed by atoms with Crippen molar-refractivity contribution in [3.05, 3.63) is 12.3 Å². The van der Waals surface area contributed by atoms with E-state index in [0.29, 0.717) is 12.8 Å². The molecular weight excluding hydrogens is 104 g/mol. The highest BCUT2D eigenvalue weighted by atomic mass is 16.2. The van der Waals surface area contributed by atoms with E-state index in [1.165, 1.54) is 6.08 Å². The molecule has 2 heteroatoms. The number of aliphatic hydroxyl groups excluding tert-OH is 1. The maximum atomic E-state index is 10.4. The van der Waals surface area contributed by atoms with Crippen molar-refractivity contribution in [1.82, 2.24) is 0 Å². The van der Waals surface area contributed by atoms with E-state index in [2.05, 4.69) is 0 Å². The number of allylic oxidation sites excluding steroid dienone is 1. The Morgan fingerprint density at radius 1 is 1.75 bits per heavy atom. The molecule has 0 radical (unpaired) electrons. The van der Waals surface area contributed by atoms with Crippen LogP contribution in [0.15, 0.2) is 12.3 Å². The zero-order valence-electron chi connectivity index (χ0n) is 4.92. The van der Waals surface area contributed by atoms with Gasteiger partial charge in [-0.05, 0) is 6.08 Å². The number of hydrogen-bond acceptors (Lipinski definition) is 2. The van der Waals surface area contributed by atoms with Gasteiger partial charge in [0.05, 0.1) is 6.26 Å². The maximum Gasteiger partial charge on any atom is 0.136 e. The van der Waals surface area contributed by atoms with Gasteiger partial charge in [-0.25, -0.2) is 0 Å². The van der Waals surface area contributed by atoms with Crippen molar-refractivity contribution in [2.24, 2.45) is 0 Å². The lowest BCUT2D eigenvalue weighted by atomic mass is 10.2. The van der Waals surface area contributed by atoms with Crippen LogP contribution in [0.1, 0.15) is 19.8 Å². The molecule has 0 saturated heterocycles. The lowest BCUT2D eigenvalue weighted by Gasteiger charge is -1.84. The van der Waals surface area contributed by atoms with Crippen molar-refractivity contribution < 1.29 is 9.90 Å². The average Bonchev–Trinajstić information content (AvgIpc) is 1.83. The average molecular weight is 114 g/mol. The summed E-state index contributed by atoms with van der Waals surface area (Å²) in [7, 11) is 0. The largest absolute Gasteiger partial charge is 0.516 e. The van der Waals surface area contributed by atoms with Crippen molar-refractivity contribution in [1.29, 1.82) is 0 Å². The molecule has 0 amide bonds. The summed E-state index contributed by atoms with van der Waals surface area (Å²) >= 11 is 0. The highest BCUT2D eigenvalue weighted by Crippen LogP contribution is 1.88. The van der Waals surface area contributed by atoms with Crippen LogP contribution in [-0.2, 0) is 4.79 Å². The molecule has 1 N–H and O–H groups in total. The van der Waals surface area contributed by atoms with Gasteiger partial charge in [0.2, 0.25) is 0 Å². The molecule has 0 fully saturated rings. The zero-order chi connectivity index (χ0) is 6.41. The molecule has 8 heavy (non-hydrogen) atoms. The van der Waals surface area contributed by atoms with Gasteiger partial charge in [-0.2, -0.15) is 0 Å². The van der Waals surface area contributed by atoms with Crippen LogP contribution in [0.25, 0.3) is 0 Å². The number of aliphatic hydroxyl groups is 1. The Bertz CT molecular complexity index is 94.7. The Balaban J connectivity index is 3.25. The van der Waals surface area contributed by atoms with E-state index in [4.69, 9.17) is 5.11 Å². The second kappa shape index (κ2) is 4.37. The first-order chi connectivity index (χ1) is 3.81. The summed E-state index contributed by atoms with van der Waals surface area (Å²) in [5.74, 6) is 0.148.